The van der Waals surface area contributed by atoms with Gasteiger partial charge in [0.1, 0.15) is 28.8 Å². The van der Waals surface area contributed by atoms with Gasteiger partial charge in [-0.3, -0.25) is 0 Å². The summed E-state index contributed by atoms with van der Waals surface area (Å²) in [5.74, 6) is -0.458. The Bertz CT molecular complexity index is 1320. The number of halogens is 4. The Morgan fingerprint density at radius 2 is 2.00 bits per heavy atom. The Hall–Kier alpha value is -2.73. The first kappa shape index (κ1) is 23.0. The van der Waals surface area contributed by atoms with Gasteiger partial charge in [-0.1, -0.05) is 12.1 Å². The monoisotopic (exact) mass is 578 g/mol. The minimum absolute atomic E-state index is 0.0936. The molecule has 1 aliphatic rings. The van der Waals surface area contributed by atoms with Crippen molar-refractivity contribution in [3.05, 3.63) is 69.2 Å². The summed E-state index contributed by atoms with van der Waals surface area (Å²) in [5.41, 5.74) is 1.87. The zero-order valence-corrected chi connectivity index (χ0v) is 20.3. The number of aromatic nitrogens is 4. The average molecular weight is 578 g/mol. The molecule has 0 aliphatic carbocycles. The summed E-state index contributed by atoms with van der Waals surface area (Å²) < 4.78 is 44.8. The Morgan fingerprint density at radius 1 is 1.12 bits per heavy atom. The number of rotatable bonds is 6. The lowest BCUT2D eigenvalue weighted by Crippen LogP contribution is -2.32. The number of hydrogen-bond acceptors (Lipinski definition) is 5. The smallest absolute Gasteiger partial charge is 0.225 e. The number of fused-ring (bicyclic) bond motifs is 1. The molecule has 2 aromatic heterocycles. The molecule has 3 heterocycles. The number of nitrogens with one attached hydrogen (secondary N) is 2. The van der Waals surface area contributed by atoms with Crippen LogP contribution in [0.1, 0.15) is 18.4 Å². The van der Waals surface area contributed by atoms with E-state index in [0.717, 1.165) is 35.6 Å². The van der Waals surface area contributed by atoms with E-state index in [-0.39, 0.29) is 18.3 Å². The van der Waals surface area contributed by atoms with Crippen LogP contribution < -0.4 is 10.6 Å². The zero-order chi connectivity index (χ0) is 23.7. The molecule has 1 fully saturated rings. The number of piperidine rings is 1. The number of benzene rings is 2. The van der Waals surface area contributed by atoms with E-state index in [2.05, 4.69) is 43.2 Å². The van der Waals surface area contributed by atoms with Gasteiger partial charge in [0, 0.05) is 28.3 Å². The van der Waals surface area contributed by atoms with Crippen LogP contribution in [0.25, 0.3) is 22.6 Å². The summed E-state index contributed by atoms with van der Waals surface area (Å²) in [7, 11) is 0. The van der Waals surface area contributed by atoms with Crippen molar-refractivity contribution in [2.75, 3.05) is 18.4 Å². The largest absolute Gasteiger partial charge is 0.350 e. The van der Waals surface area contributed by atoms with E-state index in [0.29, 0.717) is 40.6 Å². The molecule has 1 atom stereocenters. The van der Waals surface area contributed by atoms with Gasteiger partial charge in [-0.15, -0.1) is 0 Å². The highest BCUT2D eigenvalue weighted by Crippen LogP contribution is 2.31. The molecule has 0 amide bonds. The van der Waals surface area contributed by atoms with Gasteiger partial charge in [-0.05, 0) is 72.6 Å². The molecule has 0 bridgehead atoms. The van der Waals surface area contributed by atoms with Crippen LogP contribution in [0.4, 0.5) is 19.1 Å². The van der Waals surface area contributed by atoms with Crippen molar-refractivity contribution in [3.8, 4) is 11.4 Å². The molecule has 1 saturated heterocycles. The number of anilines is 1. The molecule has 176 valence electrons. The SMILES string of the molecule is Fc1ccc(CNc2ncc3nc(-c4c(F)cccc4I)n(C[C@@H]4CCCNC4)c3n2)c(F)c1. The fourth-order valence-corrected chi connectivity index (χ4v) is 4.96. The molecule has 10 heteroatoms. The van der Waals surface area contributed by atoms with Gasteiger partial charge in [0.2, 0.25) is 5.95 Å². The van der Waals surface area contributed by atoms with E-state index in [4.69, 9.17) is 4.98 Å². The van der Waals surface area contributed by atoms with Gasteiger partial charge >= 0.3 is 0 Å². The molecule has 2 N–H and O–H groups in total. The quantitative estimate of drug-likeness (QED) is 0.311. The van der Waals surface area contributed by atoms with Gasteiger partial charge in [-0.25, -0.2) is 23.1 Å². The maximum Gasteiger partial charge on any atom is 0.225 e. The van der Waals surface area contributed by atoms with Crippen LogP contribution in [-0.4, -0.2) is 32.6 Å². The van der Waals surface area contributed by atoms with Crippen molar-refractivity contribution >= 4 is 39.7 Å². The first-order valence-electron chi connectivity index (χ1n) is 11.1. The highest BCUT2D eigenvalue weighted by atomic mass is 127. The summed E-state index contributed by atoms with van der Waals surface area (Å²) >= 11 is 2.12. The summed E-state index contributed by atoms with van der Waals surface area (Å²) in [6, 6.07) is 8.39. The molecule has 0 saturated carbocycles. The first-order chi connectivity index (χ1) is 16.5. The fourth-order valence-electron chi connectivity index (χ4n) is 4.26. The van der Waals surface area contributed by atoms with Crippen LogP contribution in [0.2, 0.25) is 0 Å². The number of nitrogens with zero attached hydrogens (tertiary/aromatic N) is 4. The van der Waals surface area contributed by atoms with E-state index >= 15 is 0 Å². The molecule has 2 aromatic carbocycles. The Morgan fingerprint density at radius 3 is 2.76 bits per heavy atom. The van der Waals surface area contributed by atoms with Crippen molar-refractivity contribution in [1.29, 1.82) is 0 Å². The predicted molar refractivity (Wildman–Crippen MR) is 133 cm³/mol. The van der Waals surface area contributed by atoms with E-state index in [9.17, 15) is 13.2 Å². The lowest BCUT2D eigenvalue weighted by Gasteiger charge is -2.24. The van der Waals surface area contributed by atoms with Crippen LogP contribution in [0.5, 0.6) is 0 Å². The normalized spacial score (nSPS) is 16.2. The fraction of sp³-hybridized carbons (Fsp3) is 0.292. The Balaban J connectivity index is 1.53. The van der Waals surface area contributed by atoms with E-state index in [1.165, 1.54) is 18.2 Å². The average Bonchev–Trinajstić information content (AvgIpc) is 3.16. The molecule has 34 heavy (non-hydrogen) atoms. The minimum Gasteiger partial charge on any atom is -0.350 e. The van der Waals surface area contributed by atoms with Crippen molar-refractivity contribution in [2.45, 2.75) is 25.9 Å². The molecule has 0 radical (unpaired) electrons. The van der Waals surface area contributed by atoms with Gasteiger partial charge in [-0.2, -0.15) is 4.98 Å². The van der Waals surface area contributed by atoms with Gasteiger partial charge in [0.15, 0.2) is 5.65 Å². The molecule has 0 spiro atoms. The van der Waals surface area contributed by atoms with Crippen molar-refractivity contribution in [1.82, 2.24) is 24.8 Å². The highest BCUT2D eigenvalue weighted by Gasteiger charge is 2.23. The van der Waals surface area contributed by atoms with Crippen molar-refractivity contribution in [2.24, 2.45) is 5.92 Å². The zero-order valence-electron chi connectivity index (χ0n) is 18.2. The second-order valence-electron chi connectivity index (χ2n) is 8.35. The van der Waals surface area contributed by atoms with Crippen molar-refractivity contribution < 1.29 is 13.2 Å². The van der Waals surface area contributed by atoms with E-state index < -0.39 is 11.6 Å². The third-order valence-electron chi connectivity index (χ3n) is 5.97. The Kier molecular flexibility index (Phi) is 6.68. The van der Waals surface area contributed by atoms with Crippen LogP contribution >= 0.6 is 22.6 Å². The van der Waals surface area contributed by atoms with Crippen LogP contribution in [0.3, 0.4) is 0 Å². The van der Waals surface area contributed by atoms with Crippen LogP contribution in [0.15, 0.2) is 42.6 Å². The lowest BCUT2D eigenvalue weighted by molar-refractivity contribution is 0.341. The van der Waals surface area contributed by atoms with Gasteiger partial charge < -0.3 is 15.2 Å². The third-order valence-corrected chi connectivity index (χ3v) is 6.86. The first-order valence-corrected chi connectivity index (χ1v) is 12.1. The van der Waals surface area contributed by atoms with E-state index in [1.54, 1.807) is 12.3 Å². The summed E-state index contributed by atoms with van der Waals surface area (Å²) in [4.78, 5) is 13.6. The van der Waals surface area contributed by atoms with Crippen molar-refractivity contribution in [3.63, 3.8) is 0 Å². The number of imidazole rings is 1. The lowest BCUT2D eigenvalue weighted by atomic mass is 9.99. The standard InChI is InChI=1S/C24H22F3IN6/c25-16-7-6-15(18(27)9-16)11-30-24-31-12-20-22(33-24)34(13-14-3-2-8-29-10-14)23(32-20)21-17(26)4-1-5-19(21)28/h1,4-7,9,12,14,29H,2-3,8,10-11,13H2,(H,30,31,33)/t14-/m1/s1. The second-order valence-corrected chi connectivity index (χ2v) is 9.51. The summed E-state index contributed by atoms with van der Waals surface area (Å²) in [5, 5.41) is 6.42. The van der Waals surface area contributed by atoms with Crippen LogP contribution in [0, 0.1) is 26.9 Å². The second kappa shape index (κ2) is 9.87. The molecular formula is C24H22F3IN6. The summed E-state index contributed by atoms with van der Waals surface area (Å²) in [6.07, 6.45) is 3.72. The van der Waals surface area contributed by atoms with Crippen LogP contribution in [-0.2, 0) is 13.1 Å². The number of hydrogen-bond donors (Lipinski definition) is 2. The third kappa shape index (κ3) is 4.74. The predicted octanol–water partition coefficient (Wildman–Crippen LogP) is 5.13. The molecule has 0 unspecified atom stereocenters. The summed E-state index contributed by atoms with van der Waals surface area (Å²) in [6.45, 7) is 2.59. The van der Waals surface area contributed by atoms with Gasteiger partial charge in [0.25, 0.3) is 0 Å². The maximum absolute atomic E-state index is 14.9. The highest BCUT2D eigenvalue weighted by molar-refractivity contribution is 14.1. The maximum atomic E-state index is 14.9. The van der Waals surface area contributed by atoms with E-state index in [1.807, 2.05) is 10.6 Å². The molecule has 4 aromatic rings. The molecule has 6 nitrogen and oxygen atoms in total. The molecule has 1 aliphatic heterocycles. The molecule has 5 rings (SSSR count). The Labute approximate surface area is 208 Å². The molecular weight excluding hydrogens is 556 g/mol. The topological polar surface area (TPSA) is 67.7 Å². The van der Waals surface area contributed by atoms with Gasteiger partial charge in [0.05, 0.1) is 11.8 Å². The minimum atomic E-state index is -0.639.